The Balaban J connectivity index is 2.63. The number of H-pyrrole nitrogens is 1. The molecule has 4 heteroatoms. The summed E-state index contributed by atoms with van der Waals surface area (Å²) in [7, 11) is 1.74. The van der Waals surface area contributed by atoms with E-state index in [2.05, 4.69) is 4.98 Å². The van der Waals surface area contributed by atoms with Gasteiger partial charge in [0, 0.05) is 30.1 Å². The summed E-state index contributed by atoms with van der Waals surface area (Å²) in [5.74, 6) is -0.132. The molecule has 0 unspecified atom stereocenters. The molecule has 0 saturated heterocycles. The predicted octanol–water partition coefficient (Wildman–Crippen LogP) is 2.01. The standard InChI is InChI=1S/C14H16N2O2/c1-9(2)16(3)14(18)11-8-13(17)15-12-7-5-4-6-10(11)12/h4-9H,1-3H3,(H,15,17). The van der Waals surface area contributed by atoms with Crippen LogP contribution in [0.5, 0.6) is 0 Å². The van der Waals surface area contributed by atoms with Gasteiger partial charge in [0.2, 0.25) is 5.56 Å². The minimum atomic E-state index is -0.255. The van der Waals surface area contributed by atoms with Crippen LogP contribution in [0.2, 0.25) is 0 Å². The van der Waals surface area contributed by atoms with Gasteiger partial charge in [0.05, 0.1) is 5.56 Å². The fourth-order valence-electron chi connectivity index (χ4n) is 1.81. The van der Waals surface area contributed by atoms with Gasteiger partial charge < -0.3 is 9.88 Å². The summed E-state index contributed by atoms with van der Waals surface area (Å²) in [5, 5.41) is 0.773. The molecule has 2 rings (SSSR count). The Labute approximate surface area is 105 Å². The van der Waals surface area contributed by atoms with E-state index in [0.717, 1.165) is 5.39 Å². The van der Waals surface area contributed by atoms with Gasteiger partial charge in [-0.05, 0) is 19.9 Å². The van der Waals surface area contributed by atoms with Crippen LogP contribution in [-0.2, 0) is 0 Å². The summed E-state index contributed by atoms with van der Waals surface area (Å²) >= 11 is 0. The molecule has 1 amide bonds. The van der Waals surface area contributed by atoms with Crippen LogP contribution in [0.1, 0.15) is 24.2 Å². The smallest absolute Gasteiger partial charge is 0.254 e. The van der Waals surface area contributed by atoms with Gasteiger partial charge in [0.15, 0.2) is 0 Å². The number of aromatic nitrogens is 1. The molecule has 1 aromatic heterocycles. The van der Waals surface area contributed by atoms with Crippen LogP contribution in [0.15, 0.2) is 35.1 Å². The Bertz CT molecular complexity index is 644. The van der Waals surface area contributed by atoms with E-state index < -0.39 is 0 Å². The van der Waals surface area contributed by atoms with E-state index in [1.165, 1.54) is 6.07 Å². The third-order valence-electron chi connectivity index (χ3n) is 3.08. The van der Waals surface area contributed by atoms with E-state index in [1.807, 2.05) is 32.0 Å². The number of rotatable bonds is 2. The maximum Gasteiger partial charge on any atom is 0.254 e. The molecule has 0 aliphatic rings. The van der Waals surface area contributed by atoms with Crippen LogP contribution in [-0.4, -0.2) is 28.9 Å². The summed E-state index contributed by atoms with van der Waals surface area (Å²) in [6.45, 7) is 3.88. The number of nitrogens with one attached hydrogen (secondary N) is 1. The van der Waals surface area contributed by atoms with Crippen molar-refractivity contribution >= 4 is 16.8 Å². The highest BCUT2D eigenvalue weighted by Crippen LogP contribution is 2.16. The lowest BCUT2D eigenvalue weighted by atomic mass is 10.1. The zero-order valence-corrected chi connectivity index (χ0v) is 10.7. The van der Waals surface area contributed by atoms with E-state index in [-0.39, 0.29) is 17.5 Å². The van der Waals surface area contributed by atoms with Crippen molar-refractivity contribution in [2.45, 2.75) is 19.9 Å². The van der Waals surface area contributed by atoms with Crippen molar-refractivity contribution in [3.8, 4) is 0 Å². The van der Waals surface area contributed by atoms with Gasteiger partial charge in [-0.2, -0.15) is 0 Å². The number of fused-ring (bicyclic) bond motifs is 1. The lowest BCUT2D eigenvalue weighted by molar-refractivity contribution is 0.0756. The van der Waals surface area contributed by atoms with Crippen LogP contribution in [0.4, 0.5) is 0 Å². The van der Waals surface area contributed by atoms with Gasteiger partial charge in [0.1, 0.15) is 0 Å². The number of benzene rings is 1. The Kier molecular flexibility index (Phi) is 3.19. The van der Waals surface area contributed by atoms with E-state index in [4.69, 9.17) is 0 Å². The van der Waals surface area contributed by atoms with Crippen LogP contribution in [0, 0.1) is 0 Å². The van der Waals surface area contributed by atoms with Gasteiger partial charge >= 0.3 is 0 Å². The zero-order chi connectivity index (χ0) is 13.3. The minimum absolute atomic E-state index is 0.0931. The average Bonchev–Trinajstić information content (AvgIpc) is 2.35. The van der Waals surface area contributed by atoms with E-state index in [9.17, 15) is 9.59 Å². The van der Waals surface area contributed by atoms with Crippen molar-refractivity contribution in [2.24, 2.45) is 0 Å². The predicted molar refractivity (Wildman–Crippen MR) is 71.8 cm³/mol. The van der Waals surface area contributed by atoms with Crippen LogP contribution >= 0.6 is 0 Å². The number of aromatic amines is 1. The van der Waals surface area contributed by atoms with Crippen molar-refractivity contribution in [2.75, 3.05) is 7.05 Å². The van der Waals surface area contributed by atoms with E-state index in [0.29, 0.717) is 11.1 Å². The first-order valence-corrected chi connectivity index (χ1v) is 5.90. The Morgan fingerprint density at radius 3 is 2.61 bits per heavy atom. The number of carbonyl (C=O) groups is 1. The van der Waals surface area contributed by atoms with Gasteiger partial charge in [-0.15, -0.1) is 0 Å². The summed E-state index contributed by atoms with van der Waals surface area (Å²) in [5.41, 5.74) is 0.880. The first-order chi connectivity index (χ1) is 8.50. The van der Waals surface area contributed by atoms with E-state index in [1.54, 1.807) is 18.0 Å². The summed E-state index contributed by atoms with van der Waals surface area (Å²) < 4.78 is 0. The fourth-order valence-corrected chi connectivity index (χ4v) is 1.81. The molecule has 1 heterocycles. The second kappa shape index (κ2) is 4.64. The van der Waals surface area contributed by atoms with Gasteiger partial charge in [-0.1, -0.05) is 18.2 Å². The van der Waals surface area contributed by atoms with Gasteiger partial charge in [-0.3, -0.25) is 9.59 Å². The van der Waals surface area contributed by atoms with Crippen molar-refractivity contribution in [3.05, 3.63) is 46.2 Å². The third-order valence-corrected chi connectivity index (χ3v) is 3.08. The van der Waals surface area contributed by atoms with E-state index >= 15 is 0 Å². The summed E-state index contributed by atoms with van der Waals surface area (Å²) in [6, 6.07) is 8.78. The zero-order valence-electron chi connectivity index (χ0n) is 10.7. The van der Waals surface area contributed by atoms with Crippen LogP contribution in [0.25, 0.3) is 10.9 Å². The monoisotopic (exact) mass is 244 g/mol. The second-order valence-corrected chi connectivity index (χ2v) is 4.60. The van der Waals surface area contributed by atoms with Gasteiger partial charge in [-0.25, -0.2) is 0 Å². The molecule has 0 saturated carbocycles. The lowest BCUT2D eigenvalue weighted by Crippen LogP contribution is -2.33. The molecule has 1 N–H and O–H groups in total. The maximum absolute atomic E-state index is 12.3. The third kappa shape index (κ3) is 2.14. The number of amides is 1. The summed E-state index contributed by atoms with van der Waals surface area (Å²) in [6.07, 6.45) is 0. The number of hydrogen-bond donors (Lipinski definition) is 1. The number of hydrogen-bond acceptors (Lipinski definition) is 2. The van der Waals surface area contributed by atoms with Crippen LogP contribution < -0.4 is 5.56 Å². The average molecular weight is 244 g/mol. The molecule has 1 aromatic carbocycles. The lowest BCUT2D eigenvalue weighted by Gasteiger charge is -2.22. The molecule has 0 aliphatic heterocycles. The molecule has 18 heavy (non-hydrogen) atoms. The highest BCUT2D eigenvalue weighted by molar-refractivity contribution is 6.05. The number of nitrogens with zero attached hydrogens (tertiary/aromatic N) is 1. The number of pyridine rings is 1. The topological polar surface area (TPSA) is 53.2 Å². The molecule has 4 nitrogen and oxygen atoms in total. The second-order valence-electron chi connectivity index (χ2n) is 4.60. The molecule has 0 fully saturated rings. The Morgan fingerprint density at radius 2 is 1.94 bits per heavy atom. The highest BCUT2D eigenvalue weighted by atomic mass is 16.2. The molecule has 0 bridgehead atoms. The molecule has 0 radical (unpaired) electrons. The van der Waals surface area contributed by atoms with Crippen molar-refractivity contribution in [1.29, 1.82) is 0 Å². The first-order valence-electron chi connectivity index (χ1n) is 5.90. The Morgan fingerprint density at radius 1 is 1.28 bits per heavy atom. The SMILES string of the molecule is CC(C)N(C)C(=O)c1cc(=O)[nH]c2ccccc12. The molecule has 0 atom stereocenters. The number of carbonyl (C=O) groups excluding carboxylic acids is 1. The normalized spacial score (nSPS) is 10.9. The fraction of sp³-hybridized carbons (Fsp3) is 0.286. The van der Waals surface area contributed by atoms with Crippen molar-refractivity contribution in [1.82, 2.24) is 9.88 Å². The molecule has 2 aromatic rings. The molecule has 0 aliphatic carbocycles. The summed E-state index contributed by atoms with van der Waals surface area (Å²) in [4.78, 5) is 28.3. The highest BCUT2D eigenvalue weighted by Gasteiger charge is 2.17. The molecule has 94 valence electrons. The molecular weight excluding hydrogens is 228 g/mol. The molecular formula is C14H16N2O2. The molecule has 0 spiro atoms. The Hall–Kier alpha value is -2.10. The van der Waals surface area contributed by atoms with Gasteiger partial charge in [0.25, 0.3) is 5.91 Å². The maximum atomic E-state index is 12.3. The first kappa shape index (κ1) is 12.4. The van der Waals surface area contributed by atoms with Crippen LogP contribution in [0.3, 0.4) is 0 Å². The van der Waals surface area contributed by atoms with Crippen molar-refractivity contribution in [3.63, 3.8) is 0 Å². The largest absolute Gasteiger partial charge is 0.339 e. The number of para-hydroxylation sites is 1. The minimum Gasteiger partial charge on any atom is -0.339 e. The quantitative estimate of drug-likeness (QED) is 0.878. The van der Waals surface area contributed by atoms with Crippen molar-refractivity contribution < 1.29 is 4.79 Å².